The van der Waals surface area contributed by atoms with E-state index in [2.05, 4.69) is 5.32 Å². The molecule has 0 saturated carbocycles. The van der Waals surface area contributed by atoms with Crippen molar-refractivity contribution in [3.05, 3.63) is 64.0 Å². The van der Waals surface area contributed by atoms with Crippen molar-refractivity contribution in [3.8, 4) is 11.5 Å². The fourth-order valence-corrected chi connectivity index (χ4v) is 2.47. The first-order valence-electron chi connectivity index (χ1n) is 7.14. The standard InChI is InChI=1S/C17H12F3NO4/c18-17(19,20)11-3-1-2-4-12(11)21-8-9-5-16(24)25-15-7-14(23)13(22)6-10(9)15/h1-7,21-23H,8H2. The number of rotatable bonds is 3. The summed E-state index contributed by atoms with van der Waals surface area (Å²) in [5.41, 5.74) is -1.36. The number of hydrogen-bond donors (Lipinski definition) is 3. The lowest BCUT2D eigenvalue weighted by molar-refractivity contribution is -0.137. The predicted molar refractivity (Wildman–Crippen MR) is 84.6 cm³/mol. The Morgan fingerprint density at radius 3 is 2.44 bits per heavy atom. The summed E-state index contributed by atoms with van der Waals surface area (Å²) in [6.45, 7) is -0.112. The van der Waals surface area contributed by atoms with Crippen LogP contribution in [0.4, 0.5) is 18.9 Å². The van der Waals surface area contributed by atoms with Crippen molar-refractivity contribution in [2.24, 2.45) is 0 Å². The summed E-state index contributed by atoms with van der Waals surface area (Å²) in [6.07, 6.45) is -4.52. The second-order valence-electron chi connectivity index (χ2n) is 5.32. The molecule has 0 atom stereocenters. The van der Waals surface area contributed by atoms with E-state index in [1.54, 1.807) is 0 Å². The zero-order valence-corrected chi connectivity index (χ0v) is 12.6. The van der Waals surface area contributed by atoms with Crippen LogP contribution in [0.15, 0.2) is 51.7 Å². The number of anilines is 1. The molecule has 0 amide bonds. The van der Waals surface area contributed by atoms with Crippen molar-refractivity contribution in [2.45, 2.75) is 12.7 Å². The fourth-order valence-electron chi connectivity index (χ4n) is 2.47. The Bertz CT molecular complexity index is 995. The second-order valence-corrected chi connectivity index (χ2v) is 5.32. The predicted octanol–water partition coefficient (Wildman–Crippen LogP) is 3.84. The van der Waals surface area contributed by atoms with Gasteiger partial charge in [0.15, 0.2) is 11.5 Å². The molecule has 0 fully saturated rings. The third-order valence-corrected chi connectivity index (χ3v) is 3.63. The van der Waals surface area contributed by atoms with Crippen molar-refractivity contribution < 1.29 is 27.8 Å². The van der Waals surface area contributed by atoms with Gasteiger partial charge < -0.3 is 19.9 Å². The molecule has 5 nitrogen and oxygen atoms in total. The molecule has 8 heteroatoms. The van der Waals surface area contributed by atoms with Gasteiger partial charge in [-0.05, 0) is 23.8 Å². The largest absolute Gasteiger partial charge is 0.504 e. The first-order valence-corrected chi connectivity index (χ1v) is 7.14. The Labute approximate surface area is 139 Å². The van der Waals surface area contributed by atoms with Crippen LogP contribution in [0, 0.1) is 0 Å². The molecule has 0 aliphatic rings. The molecular formula is C17H12F3NO4. The SMILES string of the molecule is O=c1cc(CNc2ccccc2C(F)(F)F)c2cc(O)c(O)cc2o1. The van der Waals surface area contributed by atoms with Crippen LogP contribution in [0.1, 0.15) is 11.1 Å². The lowest BCUT2D eigenvalue weighted by Gasteiger charge is -2.15. The molecule has 3 N–H and O–H groups in total. The van der Waals surface area contributed by atoms with E-state index in [0.717, 1.165) is 18.2 Å². The van der Waals surface area contributed by atoms with E-state index in [-0.39, 0.29) is 17.8 Å². The van der Waals surface area contributed by atoms with Gasteiger partial charge in [-0.3, -0.25) is 0 Å². The Kier molecular flexibility index (Phi) is 4.03. The topological polar surface area (TPSA) is 82.7 Å². The van der Waals surface area contributed by atoms with Gasteiger partial charge >= 0.3 is 11.8 Å². The van der Waals surface area contributed by atoms with Crippen LogP contribution >= 0.6 is 0 Å². The molecule has 0 bridgehead atoms. The zero-order valence-electron chi connectivity index (χ0n) is 12.6. The molecular weight excluding hydrogens is 339 g/mol. The molecule has 1 aromatic heterocycles. The molecule has 3 aromatic rings. The van der Waals surface area contributed by atoms with Gasteiger partial charge in [-0.2, -0.15) is 13.2 Å². The number of alkyl halides is 3. The number of nitrogens with one attached hydrogen (secondary N) is 1. The maximum absolute atomic E-state index is 13.0. The van der Waals surface area contributed by atoms with Gasteiger partial charge in [-0.25, -0.2) is 4.79 Å². The first kappa shape index (κ1) is 16.7. The van der Waals surface area contributed by atoms with Crippen LogP contribution in [-0.4, -0.2) is 10.2 Å². The molecule has 0 unspecified atom stereocenters. The van der Waals surface area contributed by atoms with Crippen molar-refractivity contribution in [2.75, 3.05) is 5.32 Å². The fraction of sp³-hybridized carbons (Fsp3) is 0.118. The van der Waals surface area contributed by atoms with Gasteiger partial charge in [0.1, 0.15) is 5.58 Å². The lowest BCUT2D eigenvalue weighted by atomic mass is 10.1. The molecule has 1 heterocycles. The smallest absolute Gasteiger partial charge is 0.418 e. The van der Waals surface area contributed by atoms with Gasteiger partial charge in [-0.1, -0.05) is 12.1 Å². The van der Waals surface area contributed by atoms with E-state index in [9.17, 15) is 28.2 Å². The molecule has 130 valence electrons. The third-order valence-electron chi connectivity index (χ3n) is 3.63. The van der Waals surface area contributed by atoms with Crippen LogP contribution in [0.3, 0.4) is 0 Å². The van der Waals surface area contributed by atoms with Crippen LogP contribution < -0.4 is 10.9 Å². The number of fused-ring (bicyclic) bond motifs is 1. The quantitative estimate of drug-likeness (QED) is 0.493. The zero-order chi connectivity index (χ0) is 18.2. The first-order chi connectivity index (χ1) is 11.8. The summed E-state index contributed by atoms with van der Waals surface area (Å²) in [5, 5.41) is 22.0. The highest BCUT2D eigenvalue weighted by Crippen LogP contribution is 2.35. The van der Waals surface area contributed by atoms with Crippen molar-refractivity contribution in [1.82, 2.24) is 0 Å². The van der Waals surface area contributed by atoms with E-state index in [0.29, 0.717) is 10.9 Å². The summed E-state index contributed by atoms with van der Waals surface area (Å²) < 4.78 is 44.0. The normalized spacial score (nSPS) is 11.6. The number of benzene rings is 2. The number of hydrogen-bond acceptors (Lipinski definition) is 5. The number of phenolic OH excluding ortho intramolecular Hbond substituents is 2. The maximum Gasteiger partial charge on any atom is 0.418 e. The molecule has 3 rings (SSSR count). The van der Waals surface area contributed by atoms with E-state index < -0.39 is 28.9 Å². The summed E-state index contributed by atoms with van der Waals surface area (Å²) in [6, 6.07) is 8.32. The molecule has 0 radical (unpaired) electrons. The summed E-state index contributed by atoms with van der Waals surface area (Å²) in [5.74, 6) is -0.901. The number of phenols is 2. The number of aromatic hydroxyl groups is 2. The van der Waals surface area contributed by atoms with Crippen LogP contribution in [0.2, 0.25) is 0 Å². The van der Waals surface area contributed by atoms with E-state index in [1.807, 2.05) is 0 Å². The van der Waals surface area contributed by atoms with Crippen molar-refractivity contribution in [1.29, 1.82) is 0 Å². The minimum Gasteiger partial charge on any atom is -0.504 e. The van der Waals surface area contributed by atoms with Crippen LogP contribution in [0.5, 0.6) is 11.5 Å². The van der Waals surface area contributed by atoms with E-state index >= 15 is 0 Å². The molecule has 0 spiro atoms. The average Bonchev–Trinajstić information content (AvgIpc) is 2.53. The molecule has 2 aromatic carbocycles. The van der Waals surface area contributed by atoms with Gasteiger partial charge in [0.05, 0.1) is 5.56 Å². The lowest BCUT2D eigenvalue weighted by Crippen LogP contribution is -2.11. The van der Waals surface area contributed by atoms with Gasteiger partial charge in [0, 0.05) is 29.8 Å². The molecule has 0 aliphatic carbocycles. The second kappa shape index (κ2) is 6.04. The summed E-state index contributed by atoms with van der Waals surface area (Å²) >= 11 is 0. The summed E-state index contributed by atoms with van der Waals surface area (Å²) in [7, 11) is 0. The summed E-state index contributed by atoms with van der Waals surface area (Å²) in [4.78, 5) is 11.6. The molecule has 0 saturated heterocycles. The Morgan fingerprint density at radius 2 is 1.72 bits per heavy atom. The van der Waals surface area contributed by atoms with Gasteiger partial charge in [0.2, 0.25) is 0 Å². The third kappa shape index (κ3) is 3.37. The Hall–Kier alpha value is -3.16. The number of halogens is 3. The average molecular weight is 351 g/mol. The maximum atomic E-state index is 13.0. The van der Waals surface area contributed by atoms with Gasteiger partial charge in [-0.15, -0.1) is 0 Å². The monoisotopic (exact) mass is 351 g/mol. The highest BCUT2D eigenvalue weighted by Gasteiger charge is 2.33. The minimum atomic E-state index is -4.52. The highest BCUT2D eigenvalue weighted by atomic mass is 19.4. The molecule has 0 aliphatic heterocycles. The Balaban J connectivity index is 2.00. The highest BCUT2D eigenvalue weighted by molar-refractivity contribution is 5.84. The van der Waals surface area contributed by atoms with Crippen molar-refractivity contribution >= 4 is 16.7 Å². The van der Waals surface area contributed by atoms with Gasteiger partial charge in [0.25, 0.3) is 0 Å². The molecule has 25 heavy (non-hydrogen) atoms. The van der Waals surface area contributed by atoms with Crippen molar-refractivity contribution in [3.63, 3.8) is 0 Å². The van der Waals surface area contributed by atoms with Crippen LogP contribution in [-0.2, 0) is 12.7 Å². The number of para-hydroxylation sites is 1. The van der Waals surface area contributed by atoms with Crippen LogP contribution in [0.25, 0.3) is 11.0 Å². The Morgan fingerprint density at radius 1 is 1.04 bits per heavy atom. The van der Waals surface area contributed by atoms with E-state index in [1.165, 1.54) is 24.3 Å². The minimum absolute atomic E-state index is 0.0173. The van der Waals surface area contributed by atoms with E-state index in [4.69, 9.17) is 4.42 Å².